The second-order valence-electron chi connectivity index (χ2n) is 7.44. The van der Waals surface area contributed by atoms with Crippen LogP contribution in [0.5, 0.6) is 0 Å². The Labute approximate surface area is 213 Å². The molecular weight excluding hydrogens is 524 g/mol. The molecule has 0 radical (unpaired) electrons. The lowest BCUT2D eigenvalue weighted by Crippen LogP contribution is -2.16. The van der Waals surface area contributed by atoms with Crippen LogP contribution in [-0.2, 0) is 20.0 Å². The summed E-state index contributed by atoms with van der Waals surface area (Å²) < 4.78 is 55.6. The SMILES string of the molecule is O=C(Nc1ccc(S(=O)(=O)Nc2cccnc2)cc1)c1ccc(Cl)c(S(=O)(=O)Nc2ccccc2)c1. The lowest BCUT2D eigenvalue weighted by molar-refractivity contribution is 0.102. The fourth-order valence-electron chi connectivity index (χ4n) is 3.12. The third kappa shape index (κ3) is 6.00. The molecule has 0 fully saturated rings. The molecule has 4 aromatic rings. The number of nitrogens with one attached hydrogen (secondary N) is 3. The normalized spacial score (nSPS) is 11.5. The predicted molar refractivity (Wildman–Crippen MR) is 138 cm³/mol. The van der Waals surface area contributed by atoms with E-state index in [1.54, 1.807) is 42.5 Å². The van der Waals surface area contributed by atoms with Crippen LogP contribution in [0, 0.1) is 0 Å². The summed E-state index contributed by atoms with van der Waals surface area (Å²) in [5.41, 5.74) is 1.01. The Hall–Kier alpha value is -3.93. The number of nitrogens with zero attached hydrogens (tertiary/aromatic N) is 1. The number of para-hydroxylation sites is 1. The zero-order chi connectivity index (χ0) is 25.8. The first-order chi connectivity index (χ1) is 17.1. The van der Waals surface area contributed by atoms with Crippen LogP contribution in [-0.4, -0.2) is 27.7 Å². The van der Waals surface area contributed by atoms with Gasteiger partial charge in [0, 0.05) is 23.1 Å². The lowest BCUT2D eigenvalue weighted by atomic mass is 10.2. The van der Waals surface area contributed by atoms with E-state index < -0.39 is 26.0 Å². The van der Waals surface area contributed by atoms with Crippen molar-refractivity contribution in [1.29, 1.82) is 0 Å². The van der Waals surface area contributed by atoms with Crippen molar-refractivity contribution in [3.05, 3.63) is 108 Å². The highest BCUT2D eigenvalue weighted by Gasteiger charge is 2.21. The van der Waals surface area contributed by atoms with Crippen LogP contribution in [0.15, 0.2) is 107 Å². The van der Waals surface area contributed by atoms with Gasteiger partial charge in [0.1, 0.15) is 4.90 Å². The van der Waals surface area contributed by atoms with E-state index in [1.165, 1.54) is 54.9 Å². The number of aromatic nitrogens is 1. The first-order valence-corrected chi connectivity index (χ1v) is 13.7. The molecule has 0 aliphatic heterocycles. The van der Waals surface area contributed by atoms with Gasteiger partial charge in [-0.05, 0) is 66.7 Å². The van der Waals surface area contributed by atoms with E-state index in [-0.39, 0.29) is 20.4 Å². The highest BCUT2D eigenvalue weighted by Crippen LogP contribution is 2.26. The van der Waals surface area contributed by atoms with Gasteiger partial charge in [-0.2, -0.15) is 0 Å². The van der Waals surface area contributed by atoms with E-state index in [9.17, 15) is 21.6 Å². The highest BCUT2D eigenvalue weighted by molar-refractivity contribution is 7.93. The van der Waals surface area contributed by atoms with Crippen molar-refractivity contribution in [2.24, 2.45) is 0 Å². The van der Waals surface area contributed by atoms with Gasteiger partial charge in [-0.25, -0.2) is 16.8 Å². The number of carbonyl (C=O) groups excluding carboxylic acids is 1. The molecule has 3 N–H and O–H groups in total. The molecule has 12 heteroatoms. The van der Waals surface area contributed by atoms with Gasteiger partial charge in [-0.1, -0.05) is 29.8 Å². The van der Waals surface area contributed by atoms with Crippen LogP contribution in [0.25, 0.3) is 0 Å². The van der Waals surface area contributed by atoms with E-state index in [0.717, 1.165) is 0 Å². The minimum Gasteiger partial charge on any atom is -0.322 e. The molecule has 36 heavy (non-hydrogen) atoms. The zero-order valence-electron chi connectivity index (χ0n) is 18.4. The van der Waals surface area contributed by atoms with Crippen LogP contribution in [0.3, 0.4) is 0 Å². The van der Waals surface area contributed by atoms with E-state index in [1.807, 2.05) is 0 Å². The molecule has 0 saturated carbocycles. The van der Waals surface area contributed by atoms with Crippen molar-refractivity contribution in [3.8, 4) is 0 Å². The standard InChI is InChI=1S/C24H19ClN4O5S2/c25-22-13-8-17(15-23(22)36(33,34)28-19-5-2-1-3-6-19)24(30)27-18-9-11-21(12-10-18)35(31,32)29-20-7-4-14-26-16-20/h1-16,28-29H,(H,27,30). The number of sulfonamides is 2. The minimum absolute atomic E-state index is 0.0174. The molecule has 1 amide bonds. The van der Waals surface area contributed by atoms with Crippen molar-refractivity contribution in [2.75, 3.05) is 14.8 Å². The Kier molecular flexibility index (Phi) is 7.25. The molecule has 0 aliphatic carbocycles. The summed E-state index contributed by atoms with van der Waals surface area (Å²) in [6.07, 6.45) is 2.90. The third-order valence-corrected chi connectivity index (χ3v) is 8.11. The van der Waals surface area contributed by atoms with Gasteiger partial charge in [0.05, 0.1) is 21.8 Å². The summed E-state index contributed by atoms with van der Waals surface area (Å²) >= 11 is 6.11. The Morgan fingerprint density at radius 2 is 1.39 bits per heavy atom. The molecule has 0 saturated heterocycles. The summed E-state index contributed by atoms with van der Waals surface area (Å²) in [7, 11) is -7.92. The van der Waals surface area contributed by atoms with Crippen LogP contribution < -0.4 is 14.8 Å². The van der Waals surface area contributed by atoms with E-state index in [2.05, 4.69) is 19.7 Å². The Morgan fingerprint density at radius 3 is 2.06 bits per heavy atom. The number of halogens is 1. The van der Waals surface area contributed by atoms with E-state index in [4.69, 9.17) is 11.6 Å². The second kappa shape index (κ2) is 10.4. The second-order valence-corrected chi connectivity index (χ2v) is 11.2. The van der Waals surface area contributed by atoms with Gasteiger partial charge >= 0.3 is 0 Å². The number of rotatable bonds is 8. The summed E-state index contributed by atoms with van der Waals surface area (Å²) in [6, 6.07) is 20.8. The Balaban J connectivity index is 1.50. The molecule has 1 heterocycles. The number of amides is 1. The molecule has 0 spiro atoms. The first-order valence-electron chi connectivity index (χ1n) is 10.4. The van der Waals surface area contributed by atoms with Crippen LogP contribution in [0.2, 0.25) is 5.02 Å². The van der Waals surface area contributed by atoms with E-state index in [0.29, 0.717) is 17.1 Å². The van der Waals surface area contributed by atoms with Gasteiger partial charge in [0.25, 0.3) is 26.0 Å². The molecule has 184 valence electrons. The average molecular weight is 543 g/mol. The average Bonchev–Trinajstić information content (AvgIpc) is 2.85. The maximum atomic E-state index is 12.8. The maximum absolute atomic E-state index is 12.8. The molecule has 9 nitrogen and oxygen atoms in total. The topological polar surface area (TPSA) is 134 Å². The van der Waals surface area contributed by atoms with Crippen LogP contribution >= 0.6 is 11.6 Å². The molecular formula is C24H19ClN4O5S2. The number of carbonyl (C=O) groups is 1. The predicted octanol–water partition coefficient (Wildman–Crippen LogP) is 4.59. The number of pyridine rings is 1. The fraction of sp³-hybridized carbons (Fsp3) is 0. The van der Waals surface area contributed by atoms with Crippen LogP contribution in [0.4, 0.5) is 17.1 Å². The summed E-state index contributed by atoms with van der Waals surface area (Å²) in [5, 5.41) is 2.56. The van der Waals surface area contributed by atoms with Crippen LogP contribution in [0.1, 0.15) is 10.4 Å². The fourth-order valence-corrected chi connectivity index (χ4v) is 5.75. The molecule has 3 aromatic carbocycles. The van der Waals surface area contributed by atoms with Gasteiger partial charge in [0.15, 0.2) is 0 Å². The highest BCUT2D eigenvalue weighted by atomic mass is 35.5. The number of hydrogen-bond acceptors (Lipinski definition) is 6. The number of anilines is 3. The smallest absolute Gasteiger partial charge is 0.263 e. The van der Waals surface area contributed by atoms with Crippen molar-refractivity contribution in [1.82, 2.24) is 4.98 Å². The Bertz CT molecular complexity index is 1600. The lowest BCUT2D eigenvalue weighted by Gasteiger charge is -2.12. The third-order valence-electron chi connectivity index (χ3n) is 4.85. The minimum atomic E-state index is -4.06. The molecule has 0 atom stereocenters. The quantitative estimate of drug-likeness (QED) is 0.298. The van der Waals surface area contributed by atoms with Crippen molar-refractivity contribution in [3.63, 3.8) is 0 Å². The first kappa shape index (κ1) is 25.2. The zero-order valence-corrected chi connectivity index (χ0v) is 20.8. The largest absolute Gasteiger partial charge is 0.322 e. The van der Waals surface area contributed by atoms with Gasteiger partial charge in [0.2, 0.25) is 0 Å². The van der Waals surface area contributed by atoms with Gasteiger partial charge in [-0.15, -0.1) is 0 Å². The molecule has 0 aliphatic rings. The van der Waals surface area contributed by atoms with Crippen molar-refractivity contribution < 1.29 is 21.6 Å². The summed E-state index contributed by atoms with van der Waals surface area (Å²) in [5.74, 6) is -0.605. The molecule has 4 rings (SSSR count). The molecule has 0 unspecified atom stereocenters. The maximum Gasteiger partial charge on any atom is 0.263 e. The van der Waals surface area contributed by atoms with Gasteiger partial charge in [-0.3, -0.25) is 19.2 Å². The number of hydrogen-bond donors (Lipinski definition) is 3. The molecule has 1 aromatic heterocycles. The summed E-state index contributed by atoms with van der Waals surface area (Å²) in [4.78, 5) is 16.4. The van der Waals surface area contributed by atoms with Gasteiger partial charge < -0.3 is 5.32 Å². The molecule has 0 bridgehead atoms. The van der Waals surface area contributed by atoms with E-state index >= 15 is 0 Å². The Morgan fingerprint density at radius 1 is 0.722 bits per heavy atom. The summed E-state index contributed by atoms with van der Waals surface area (Å²) in [6.45, 7) is 0. The van der Waals surface area contributed by atoms with Crippen molar-refractivity contribution in [2.45, 2.75) is 9.79 Å². The van der Waals surface area contributed by atoms with Crippen molar-refractivity contribution >= 4 is 54.6 Å². The monoisotopic (exact) mass is 542 g/mol. The number of benzene rings is 3.